The van der Waals surface area contributed by atoms with Crippen LogP contribution in [0.1, 0.15) is 37.3 Å². The van der Waals surface area contributed by atoms with Crippen molar-refractivity contribution in [2.45, 2.75) is 38.0 Å². The first-order valence-corrected chi connectivity index (χ1v) is 9.07. The molecule has 1 aliphatic heterocycles. The fourth-order valence-electron chi connectivity index (χ4n) is 3.45. The Kier molecular flexibility index (Phi) is 4.68. The number of thioether (sulfide) groups is 1. The fourth-order valence-corrected chi connectivity index (χ4v) is 4.92. The highest BCUT2D eigenvalue weighted by Gasteiger charge is 2.48. The molecule has 1 unspecified atom stereocenters. The second kappa shape index (κ2) is 6.60. The van der Waals surface area contributed by atoms with Crippen LogP contribution in [0.2, 0.25) is 0 Å². The summed E-state index contributed by atoms with van der Waals surface area (Å²) in [5.74, 6) is -0.210. The minimum atomic E-state index is -0.214. The molecule has 1 spiro atoms. The average Bonchev–Trinajstić information content (AvgIpc) is 3.09. The van der Waals surface area contributed by atoms with Gasteiger partial charge in [-0.1, -0.05) is 48.2 Å². The molecule has 0 saturated carbocycles. The van der Waals surface area contributed by atoms with Crippen molar-refractivity contribution in [3.05, 3.63) is 71.1 Å². The van der Waals surface area contributed by atoms with Crippen LogP contribution in [-0.2, 0) is 0 Å². The molecule has 2 aliphatic rings. The van der Waals surface area contributed by atoms with Crippen LogP contribution in [0.25, 0.3) is 0 Å². The van der Waals surface area contributed by atoms with Gasteiger partial charge in [0.2, 0.25) is 0 Å². The summed E-state index contributed by atoms with van der Waals surface area (Å²) in [6.45, 7) is 7.99. The van der Waals surface area contributed by atoms with E-state index in [0.29, 0.717) is 5.56 Å². The summed E-state index contributed by atoms with van der Waals surface area (Å²) >= 11 is 1.68. The van der Waals surface area contributed by atoms with E-state index in [-0.39, 0.29) is 10.7 Å². The normalized spacial score (nSPS) is 23.7. The van der Waals surface area contributed by atoms with Crippen molar-refractivity contribution >= 4 is 16.8 Å². The Morgan fingerprint density at radius 1 is 1.46 bits per heavy atom. The van der Waals surface area contributed by atoms with Crippen molar-refractivity contribution in [2.75, 3.05) is 7.05 Å². The second-order valence-corrected chi connectivity index (χ2v) is 7.55. The van der Waals surface area contributed by atoms with Crippen LogP contribution in [0.15, 0.2) is 59.3 Å². The number of hydrogen-bond donors (Lipinski definition) is 0. The zero-order chi connectivity index (χ0) is 17.3. The molecule has 3 rings (SSSR count). The van der Waals surface area contributed by atoms with E-state index in [1.807, 2.05) is 38.0 Å². The Bertz CT molecular complexity index is 763. The molecule has 0 saturated heterocycles. The number of likely N-dealkylation sites (N-methyl/N-ethyl adjacent to an activating group) is 1. The summed E-state index contributed by atoms with van der Waals surface area (Å²) in [6.07, 6.45) is 9.06. The van der Waals surface area contributed by atoms with Crippen molar-refractivity contribution in [1.82, 2.24) is 5.01 Å². The quantitative estimate of drug-likeness (QED) is 0.680. The standard InChI is InChI=1S/C20H23FN2S/c1-5-7-8-17-15(6-2)11-12-20(17)23(4)22-19(24-20)16-13-14(3)9-10-18(16)21/h5-7,9-10,13H,2,8,11-12H2,1,3-4H3/b7-5-. The number of allylic oxidation sites excluding steroid dienone is 4. The molecular formula is C20H23FN2S. The minimum absolute atomic E-state index is 0.210. The molecular weight excluding hydrogens is 319 g/mol. The maximum atomic E-state index is 14.3. The lowest BCUT2D eigenvalue weighted by Gasteiger charge is -2.33. The van der Waals surface area contributed by atoms with Gasteiger partial charge in [0.1, 0.15) is 15.7 Å². The van der Waals surface area contributed by atoms with Gasteiger partial charge in [0.05, 0.1) is 0 Å². The number of halogens is 1. The molecule has 1 atom stereocenters. The number of benzene rings is 1. The maximum absolute atomic E-state index is 14.3. The van der Waals surface area contributed by atoms with E-state index in [1.54, 1.807) is 17.8 Å². The van der Waals surface area contributed by atoms with Gasteiger partial charge in [-0.3, -0.25) is 5.01 Å². The Morgan fingerprint density at radius 3 is 2.96 bits per heavy atom. The molecule has 4 heteroatoms. The van der Waals surface area contributed by atoms with Gasteiger partial charge in [-0.05, 0) is 56.4 Å². The zero-order valence-corrected chi connectivity index (χ0v) is 15.3. The largest absolute Gasteiger partial charge is 0.278 e. The highest BCUT2D eigenvalue weighted by Crippen LogP contribution is 2.53. The van der Waals surface area contributed by atoms with Gasteiger partial charge in [0, 0.05) is 12.6 Å². The molecule has 24 heavy (non-hydrogen) atoms. The predicted octanol–water partition coefficient (Wildman–Crippen LogP) is 5.41. The van der Waals surface area contributed by atoms with Gasteiger partial charge < -0.3 is 0 Å². The van der Waals surface area contributed by atoms with E-state index in [9.17, 15) is 4.39 Å². The SMILES string of the molecule is C=CC1=C(C/C=C\C)C2(CC1)SC(c1cc(C)ccc1F)=NN2C. The Labute approximate surface area is 147 Å². The van der Waals surface area contributed by atoms with Crippen molar-refractivity contribution < 1.29 is 4.39 Å². The third-order valence-corrected chi connectivity index (χ3v) is 6.33. The van der Waals surface area contributed by atoms with Crippen LogP contribution < -0.4 is 0 Å². The lowest BCUT2D eigenvalue weighted by molar-refractivity contribution is 0.259. The highest BCUT2D eigenvalue weighted by molar-refractivity contribution is 8.16. The summed E-state index contributed by atoms with van der Waals surface area (Å²) in [5.41, 5.74) is 4.28. The van der Waals surface area contributed by atoms with E-state index in [1.165, 1.54) is 17.2 Å². The molecule has 0 radical (unpaired) electrons. The second-order valence-electron chi connectivity index (χ2n) is 6.28. The number of nitrogens with zero attached hydrogens (tertiary/aromatic N) is 2. The summed E-state index contributed by atoms with van der Waals surface area (Å²) in [6, 6.07) is 5.20. The minimum Gasteiger partial charge on any atom is -0.278 e. The average molecular weight is 342 g/mol. The number of hydrogen-bond acceptors (Lipinski definition) is 3. The van der Waals surface area contributed by atoms with Gasteiger partial charge in [0.15, 0.2) is 0 Å². The number of aryl methyl sites for hydroxylation is 1. The molecule has 0 bridgehead atoms. The fraction of sp³-hybridized carbons (Fsp3) is 0.350. The number of hydrazone groups is 1. The predicted molar refractivity (Wildman–Crippen MR) is 102 cm³/mol. The van der Waals surface area contributed by atoms with Crippen LogP contribution in [0, 0.1) is 12.7 Å². The molecule has 0 N–H and O–H groups in total. The van der Waals surface area contributed by atoms with Crippen LogP contribution in [0.4, 0.5) is 4.39 Å². The van der Waals surface area contributed by atoms with Crippen LogP contribution in [-0.4, -0.2) is 22.0 Å². The smallest absolute Gasteiger partial charge is 0.133 e. The summed E-state index contributed by atoms with van der Waals surface area (Å²) < 4.78 is 14.3. The van der Waals surface area contributed by atoms with E-state index in [2.05, 4.69) is 18.7 Å². The van der Waals surface area contributed by atoms with Gasteiger partial charge in [-0.15, -0.1) is 0 Å². The van der Waals surface area contributed by atoms with Crippen molar-refractivity contribution in [1.29, 1.82) is 0 Å². The molecule has 1 aliphatic carbocycles. The Morgan fingerprint density at radius 2 is 2.25 bits per heavy atom. The first-order valence-electron chi connectivity index (χ1n) is 8.26. The lowest BCUT2D eigenvalue weighted by Crippen LogP contribution is -2.37. The van der Waals surface area contributed by atoms with E-state index in [0.717, 1.165) is 29.9 Å². The third kappa shape index (κ3) is 2.73. The molecule has 0 aromatic heterocycles. The highest BCUT2D eigenvalue weighted by atomic mass is 32.2. The van der Waals surface area contributed by atoms with E-state index < -0.39 is 0 Å². The molecule has 0 amide bonds. The van der Waals surface area contributed by atoms with Crippen LogP contribution in [0.5, 0.6) is 0 Å². The van der Waals surface area contributed by atoms with Crippen molar-refractivity contribution in [2.24, 2.45) is 5.10 Å². The first kappa shape index (κ1) is 17.0. The molecule has 1 heterocycles. The molecule has 126 valence electrons. The first-order chi connectivity index (χ1) is 11.5. The summed E-state index contributed by atoms with van der Waals surface area (Å²) in [7, 11) is 2.00. The number of rotatable bonds is 4. The van der Waals surface area contributed by atoms with Gasteiger partial charge >= 0.3 is 0 Å². The molecule has 0 fully saturated rings. The molecule has 1 aromatic carbocycles. The Balaban J connectivity index is 1.99. The molecule has 1 aromatic rings. The van der Waals surface area contributed by atoms with E-state index in [4.69, 9.17) is 5.10 Å². The van der Waals surface area contributed by atoms with Gasteiger partial charge in [-0.25, -0.2) is 4.39 Å². The monoisotopic (exact) mass is 342 g/mol. The van der Waals surface area contributed by atoms with Crippen LogP contribution in [0.3, 0.4) is 0 Å². The zero-order valence-electron chi connectivity index (χ0n) is 14.5. The summed E-state index contributed by atoms with van der Waals surface area (Å²) in [5, 5.41) is 7.49. The lowest BCUT2D eigenvalue weighted by atomic mass is 10.0. The van der Waals surface area contributed by atoms with Crippen LogP contribution >= 0.6 is 11.8 Å². The Hall–Kier alpha value is -1.81. The van der Waals surface area contributed by atoms with Gasteiger partial charge in [0.25, 0.3) is 0 Å². The molecule has 2 nitrogen and oxygen atoms in total. The van der Waals surface area contributed by atoms with E-state index >= 15 is 0 Å². The maximum Gasteiger partial charge on any atom is 0.133 e. The topological polar surface area (TPSA) is 15.6 Å². The van der Waals surface area contributed by atoms with Crippen molar-refractivity contribution in [3.63, 3.8) is 0 Å². The van der Waals surface area contributed by atoms with Crippen molar-refractivity contribution in [3.8, 4) is 0 Å². The van der Waals surface area contributed by atoms with Gasteiger partial charge in [-0.2, -0.15) is 5.10 Å². The third-order valence-electron chi connectivity index (χ3n) is 4.78. The summed E-state index contributed by atoms with van der Waals surface area (Å²) in [4.78, 5) is -0.214.